The van der Waals surface area contributed by atoms with E-state index in [4.69, 9.17) is 4.74 Å². The summed E-state index contributed by atoms with van der Waals surface area (Å²) in [4.78, 5) is 0. The summed E-state index contributed by atoms with van der Waals surface area (Å²) in [5, 5.41) is 10.7. The fourth-order valence-corrected chi connectivity index (χ4v) is 4.07. The van der Waals surface area contributed by atoms with Crippen molar-refractivity contribution in [2.75, 3.05) is 6.61 Å². The summed E-state index contributed by atoms with van der Waals surface area (Å²) in [6.45, 7) is 2.95. The van der Waals surface area contributed by atoms with Gasteiger partial charge in [0.15, 0.2) is 0 Å². The van der Waals surface area contributed by atoms with Crippen molar-refractivity contribution >= 4 is 0 Å². The average molecular weight is 238 g/mol. The van der Waals surface area contributed by atoms with Crippen molar-refractivity contribution in [2.45, 2.75) is 75.9 Å². The molecule has 3 aliphatic rings. The number of ether oxygens (including phenoxy) is 1. The molecule has 1 spiro atoms. The molecule has 2 unspecified atom stereocenters. The van der Waals surface area contributed by atoms with Crippen LogP contribution < -0.4 is 0 Å². The first-order valence-electron chi connectivity index (χ1n) is 7.49. The molecule has 0 amide bonds. The number of hydrogen-bond acceptors (Lipinski definition) is 2. The molecule has 3 fully saturated rings. The Balaban J connectivity index is 1.70. The predicted molar refractivity (Wildman–Crippen MR) is 67.8 cm³/mol. The molecule has 2 heteroatoms. The van der Waals surface area contributed by atoms with E-state index < -0.39 is 5.60 Å². The first-order chi connectivity index (χ1) is 8.12. The fourth-order valence-electron chi connectivity index (χ4n) is 4.07. The molecule has 0 bridgehead atoms. The maximum atomic E-state index is 10.7. The maximum absolute atomic E-state index is 10.7. The van der Waals surface area contributed by atoms with Gasteiger partial charge >= 0.3 is 0 Å². The van der Waals surface area contributed by atoms with Gasteiger partial charge in [-0.1, -0.05) is 19.3 Å². The highest BCUT2D eigenvalue weighted by Gasteiger charge is 2.50. The molecular weight excluding hydrogens is 212 g/mol. The molecule has 1 aliphatic heterocycles. The molecule has 0 aromatic carbocycles. The zero-order valence-corrected chi connectivity index (χ0v) is 11.1. The molecule has 1 N–H and O–H groups in total. The van der Waals surface area contributed by atoms with Crippen LogP contribution in [0.3, 0.4) is 0 Å². The van der Waals surface area contributed by atoms with Crippen LogP contribution in [-0.4, -0.2) is 22.9 Å². The molecule has 1 heterocycles. The number of hydrogen-bond donors (Lipinski definition) is 1. The monoisotopic (exact) mass is 238 g/mol. The number of rotatable bonds is 2. The van der Waals surface area contributed by atoms with Gasteiger partial charge in [-0.15, -0.1) is 0 Å². The minimum atomic E-state index is -0.422. The van der Waals surface area contributed by atoms with Crippen molar-refractivity contribution in [3.8, 4) is 0 Å². The molecule has 17 heavy (non-hydrogen) atoms. The van der Waals surface area contributed by atoms with Gasteiger partial charge in [0.1, 0.15) is 0 Å². The van der Waals surface area contributed by atoms with Crippen LogP contribution in [-0.2, 0) is 4.74 Å². The lowest BCUT2D eigenvalue weighted by molar-refractivity contribution is -0.156. The largest absolute Gasteiger partial charge is 0.390 e. The second-order valence-electron chi connectivity index (χ2n) is 6.78. The molecule has 2 saturated carbocycles. The summed E-state index contributed by atoms with van der Waals surface area (Å²) in [7, 11) is 0. The highest BCUT2D eigenvalue weighted by molar-refractivity contribution is 5.01. The molecule has 98 valence electrons. The summed E-state index contributed by atoms with van der Waals surface area (Å²) in [5.41, 5.74) is -0.283. The summed E-state index contributed by atoms with van der Waals surface area (Å²) in [6.07, 6.45) is 11.1. The smallest absolute Gasteiger partial charge is 0.0686 e. The molecule has 1 saturated heterocycles. The van der Waals surface area contributed by atoms with Gasteiger partial charge in [-0.25, -0.2) is 0 Å². The Morgan fingerprint density at radius 1 is 1.06 bits per heavy atom. The molecular formula is C15H26O2. The van der Waals surface area contributed by atoms with E-state index in [2.05, 4.69) is 6.92 Å². The Bertz CT molecular complexity index is 269. The van der Waals surface area contributed by atoms with Gasteiger partial charge in [-0.2, -0.15) is 0 Å². The molecule has 2 atom stereocenters. The van der Waals surface area contributed by atoms with Crippen LogP contribution >= 0.6 is 0 Å². The zero-order chi connectivity index (χ0) is 11.9. The minimum absolute atomic E-state index is 0.139. The third-order valence-electron chi connectivity index (χ3n) is 5.49. The Kier molecular flexibility index (Phi) is 2.99. The van der Waals surface area contributed by atoms with Crippen molar-refractivity contribution in [1.82, 2.24) is 0 Å². The number of aliphatic hydroxyl groups is 1. The molecule has 2 nitrogen and oxygen atoms in total. The normalized spacial score (nSPS) is 36.7. The highest BCUT2D eigenvalue weighted by atomic mass is 16.5. The van der Waals surface area contributed by atoms with Crippen LogP contribution in [0.2, 0.25) is 0 Å². The van der Waals surface area contributed by atoms with Crippen LogP contribution in [0.4, 0.5) is 0 Å². The first-order valence-corrected chi connectivity index (χ1v) is 7.49. The molecule has 0 aromatic heterocycles. The lowest BCUT2D eigenvalue weighted by atomic mass is 9.70. The predicted octanol–water partition coefficient (Wildman–Crippen LogP) is 3.28. The lowest BCUT2D eigenvalue weighted by Gasteiger charge is -2.47. The molecule has 0 aromatic rings. The summed E-state index contributed by atoms with van der Waals surface area (Å²) < 4.78 is 6.12. The third-order valence-corrected chi connectivity index (χ3v) is 5.49. The van der Waals surface area contributed by atoms with E-state index in [1.54, 1.807) is 0 Å². The van der Waals surface area contributed by atoms with Crippen molar-refractivity contribution in [3.63, 3.8) is 0 Å². The van der Waals surface area contributed by atoms with Crippen molar-refractivity contribution in [3.05, 3.63) is 0 Å². The summed E-state index contributed by atoms with van der Waals surface area (Å²) in [5.74, 6) is 1.05. The van der Waals surface area contributed by atoms with Gasteiger partial charge < -0.3 is 9.84 Å². The van der Waals surface area contributed by atoms with Gasteiger partial charge in [0.2, 0.25) is 0 Å². The minimum Gasteiger partial charge on any atom is -0.390 e. The van der Waals surface area contributed by atoms with E-state index in [-0.39, 0.29) is 5.60 Å². The van der Waals surface area contributed by atoms with Gasteiger partial charge in [0, 0.05) is 6.61 Å². The van der Waals surface area contributed by atoms with Crippen LogP contribution in [0, 0.1) is 11.8 Å². The Morgan fingerprint density at radius 3 is 2.41 bits per heavy atom. The molecule has 2 aliphatic carbocycles. The van der Waals surface area contributed by atoms with E-state index in [0.717, 1.165) is 19.4 Å². The van der Waals surface area contributed by atoms with E-state index in [1.807, 2.05) is 0 Å². The fraction of sp³-hybridized carbons (Fsp3) is 1.00. The Labute approximate surface area is 105 Å². The van der Waals surface area contributed by atoms with Crippen LogP contribution in [0.5, 0.6) is 0 Å². The first kappa shape index (κ1) is 12.0. The highest BCUT2D eigenvalue weighted by Crippen LogP contribution is 2.50. The van der Waals surface area contributed by atoms with Gasteiger partial charge in [0.25, 0.3) is 0 Å². The molecule has 3 rings (SSSR count). The van der Waals surface area contributed by atoms with Crippen LogP contribution in [0.1, 0.15) is 64.7 Å². The standard InChI is InChI=1S/C15H26O2/c1-14(16,12-5-6-12)13-7-10-17-15(11-13)8-3-2-4-9-15/h12-13,16H,2-11H2,1H3. The van der Waals surface area contributed by atoms with Gasteiger partial charge in [-0.05, 0) is 57.3 Å². The lowest BCUT2D eigenvalue weighted by Crippen LogP contribution is -2.49. The summed E-state index contributed by atoms with van der Waals surface area (Å²) in [6, 6.07) is 0. The summed E-state index contributed by atoms with van der Waals surface area (Å²) >= 11 is 0. The Hall–Kier alpha value is -0.0800. The SMILES string of the molecule is CC(O)(C1CC1)C1CCOC2(CCCCC2)C1. The average Bonchev–Trinajstić information content (AvgIpc) is 3.14. The van der Waals surface area contributed by atoms with Crippen LogP contribution in [0.15, 0.2) is 0 Å². The van der Waals surface area contributed by atoms with E-state index >= 15 is 0 Å². The van der Waals surface area contributed by atoms with Crippen LogP contribution in [0.25, 0.3) is 0 Å². The van der Waals surface area contributed by atoms with Crippen molar-refractivity contribution in [1.29, 1.82) is 0 Å². The van der Waals surface area contributed by atoms with Crippen molar-refractivity contribution in [2.24, 2.45) is 11.8 Å². The van der Waals surface area contributed by atoms with Gasteiger partial charge in [-0.3, -0.25) is 0 Å². The molecule has 0 radical (unpaired) electrons. The third kappa shape index (κ3) is 2.26. The Morgan fingerprint density at radius 2 is 1.76 bits per heavy atom. The maximum Gasteiger partial charge on any atom is 0.0686 e. The second-order valence-corrected chi connectivity index (χ2v) is 6.78. The van der Waals surface area contributed by atoms with E-state index in [1.165, 1.54) is 44.9 Å². The van der Waals surface area contributed by atoms with E-state index in [9.17, 15) is 5.11 Å². The van der Waals surface area contributed by atoms with Gasteiger partial charge in [0.05, 0.1) is 11.2 Å². The topological polar surface area (TPSA) is 29.5 Å². The zero-order valence-electron chi connectivity index (χ0n) is 11.1. The quantitative estimate of drug-likeness (QED) is 0.800. The van der Waals surface area contributed by atoms with Crippen molar-refractivity contribution < 1.29 is 9.84 Å². The second kappa shape index (κ2) is 4.24. The van der Waals surface area contributed by atoms with E-state index in [0.29, 0.717) is 11.8 Å².